The number of benzene rings is 8. The Kier molecular flexibility index (Phi) is 36.6. The van der Waals surface area contributed by atoms with E-state index in [9.17, 15) is 38.9 Å². The lowest BCUT2D eigenvalue weighted by Gasteiger charge is -2.34. The van der Waals surface area contributed by atoms with Gasteiger partial charge in [-0.3, -0.25) is 55.7 Å². The molecule has 2 fully saturated rings. The van der Waals surface area contributed by atoms with E-state index in [1.54, 1.807) is 48.5 Å². The molecule has 116 heavy (non-hydrogen) atoms. The molecule has 10 rings (SSSR count). The number of nitrogens with two attached hydrogens (primary N) is 2. The van der Waals surface area contributed by atoms with E-state index in [0.29, 0.717) is 73.0 Å². The van der Waals surface area contributed by atoms with E-state index < -0.39 is 40.8 Å². The van der Waals surface area contributed by atoms with E-state index in [1.165, 1.54) is 45.0 Å². The maximum absolute atomic E-state index is 12.9. The van der Waals surface area contributed by atoms with Crippen LogP contribution in [0.25, 0.3) is 0 Å². The molecule has 2 heterocycles. The lowest BCUT2D eigenvalue weighted by molar-refractivity contribution is -0.384. The molecule has 29 nitrogen and oxygen atoms in total. The minimum atomic E-state index is -0.847. The first-order valence-electron chi connectivity index (χ1n) is 38.7. The number of ether oxygens (including phenoxy) is 5. The lowest BCUT2D eigenvalue weighted by Crippen LogP contribution is -2.49. The zero-order valence-corrected chi connectivity index (χ0v) is 65.9. The van der Waals surface area contributed by atoms with Crippen LogP contribution in [0.4, 0.5) is 5.69 Å². The number of carbonyl (C=O) groups excluding carboxylic acids is 6. The Bertz CT molecular complexity index is 4240. The Balaban J connectivity index is 0.000000249. The normalized spacial score (nSPS) is 13.6. The highest BCUT2D eigenvalue weighted by Gasteiger charge is 2.26. The highest BCUT2D eigenvalue weighted by atomic mass is 16.6. The van der Waals surface area contributed by atoms with Gasteiger partial charge in [-0.15, -0.1) is 0 Å². The molecule has 0 spiro atoms. The number of esters is 1. The summed E-state index contributed by atoms with van der Waals surface area (Å²) in [6.45, 7) is 18.8. The topological polar surface area (TPSA) is 412 Å². The maximum Gasteiger partial charge on any atom is 0.334 e. The van der Waals surface area contributed by atoms with Gasteiger partial charge in [0.1, 0.15) is 70.2 Å². The molecule has 2 aliphatic heterocycles. The second-order valence-electron chi connectivity index (χ2n) is 27.8. The van der Waals surface area contributed by atoms with Gasteiger partial charge < -0.3 is 81.3 Å². The number of piperazine rings is 2. The summed E-state index contributed by atoms with van der Waals surface area (Å²) < 4.78 is 28.7. The Morgan fingerprint density at radius 1 is 0.379 bits per heavy atom. The largest absolute Gasteiger partial charge is 0.494 e. The number of nitrogen functional groups attached to an aromatic ring is 2. The maximum atomic E-state index is 12.9. The summed E-state index contributed by atoms with van der Waals surface area (Å²) in [5.41, 5.74) is 16.0. The Morgan fingerprint density at radius 2 is 0.638 bits per heavy atom. The van der Waals surface area contributed by atoms with Gasteiger partial charge in [0.05, 0.1) is 31.4 Å². The number of hydrogen-bond acceptors (Lipinski definition) is 21. The summed E-state index contributed by atoms with van der Waals surface area (Å²) in [5.74, 6) is 0.716. The van der Waals surface area contributed by atoms with Crippen molar-refractivity contribution in [2.24, 2.45) is 11.5 Å². The van der Waals surface area contributed by atoms with Crippen LogP contribution in [-0.4, -0.2) is 206 Å². The molecule has 0 unspecified atom stereocenters. The molecule has 0 radical (unpaired) electrons. The number of amidine groups is 4. The van der Waals surface area contributed by atoms with Crippen LogP contribution in [0.3, 0.4) is 0 Å². The van der Waals surface area contributed by atoms with E-state index >= 15 is 0 Å². The molecule has 8 aromatic carbocycles. The Hall–Kier alpha value is -12.7. The highest BCUT2D eigenvalue weighted by molar-refractivity contribution is 6.09. The molecule has 0 saturated carbocycles. The lowest BCUT2D eigenvalue weighted by atomic mass is 10.0. The summed E-state index contributed by atoms with van der Waals surface area (Å²) in [4.78, 5) is 93.0. The molecule has 2 saturated heterocycles. The summed E-state index contributed by atoms with van der Waals surface area (Å²) in [6, 6.07) is 59.6. The quantitative estimate of drug-likeness (QED) is 0.00330. The van der Waals surface area contributed by atoms with Crippen molar-refractivity contribution < 1.29 is 57.4 Å². The zero-order chi connectivity index (χ0) is 83.0. The Labute approximate surface area is 676 Å². The molecular weight excluding hydrogens is 1480 g/mol. The summed E-state index contributed by atoms with van der Waals surface area (Å²) in [6.07, 6.45) is 4.66. The highest BCUT2D eigenvalue weighted by Crippen LogP contribution is 2.21. The van der Waals surface area contributed by atoms with Crippen molar-refractivity contribution >= 4 is 64.5 Å². The van der Waals surface area contributed by atoms with Crippen molar-refractivity contribution in [1.29, 1.82) is 21.6 Å². The number of carbonyl (C=O) groups is 6. The van der Waals surface area contributed by atoms with Crippen molar-refractivity contribution in [3.63, 3.8) is 0 Å². The standard InChI is InChI=1S/C46H56N8O6.C24H34N6O2.C17H16N2O5/c1-33(55)49-41(31-35-11-5-3-6-12-35)45(57)51-43(47)37-15-19-39(20-16-37)59-29-9-23-53-25-27-54(28-26-53)24-10-30-60-40-21-17-38(18-22-40)44(48)52-46(58)42(50-34(2)56)32-36-13-7-4-8-14-36;25-23(26)19-3-7-21(8-4-19)31-17-1-11-29-13-15-30(16-14-29)12-2-18-32-22-9-5-20(6-10-22)24(27)28;1-12(20)18-16(11-13-5-3-2-4-6-13)17(21)24-15-9-7-14(8-10-15)19(22)23/h3-8,11-22,41-42H,9-10,23-32H2,1-2H3,(H,49,55)(H,50,56)(H2,47,51,57)(H2,48,52,58);3-10H,1-2,11-18H2,(H3,25,26)(H3,27,28);2-10,16H,11H2,1H3,(H,18,20)/t41-,42-;;16-/m0.0/s1. The van der Waals surface area contributed by atoms with Crippen molar-refractivity contribution in [2.75, 3.05) is 105 Å². The fourth-order valence-electron chi connectivity index (χ4n) is 12.6. The van der Waals surface area contributed by atoms with Crippen molar-refractivity contribution in [3.05, 3.63) is 261 Å². The van der Waals surface area contributed by atoms with Gasteiger partial charge in [0.15, 0.2) is 0 Å². The summed E-state index contributed by atoms with van der Waals surface area (Å²) >= 11 is 0. The van der Waals surface area contributed by atoms with Gasteiger partial charge >= 0.3 is 5.97 Å². The van der Waals surface area contributed by atoms with Crippen LogP contribution in [0.5, 0.6) is 28.7 Å². The molecule has 2 aliphatic rings. The number of nitrogens with one attached hydrogen (secondary N) is 9. The number of nitrogens with zero attached hydrogens (tertiary/aromatic N) is 5. The van der Waals surface area contributed by atoms with E-state index in [4.69, 9.17) is 56.8 Å². The first kappa shape index (κ1) is 88.9. The number of amides is 5. The van der Waals surface area contributed by atoms with Crippen LogP contribution in [0, 0.1) is 31.8 Å². The predicted molar refractivity (Wildman–Crippen MR) is 446 cm³/mol. The molecular formula is C87H106N16O13. The van der Waals surface area contributed by atoms with E-state index in [1.807, 2.05) is 140 Å². The minimum absolute atomic E-state index is 0.0505. The minimum Gasteiger partial charge on any atom is -0.494 e. The predicted octanol–water partition coefficient (Wildman–Crippen LogP) is 8.28. The second kappa shape index (κ2) is 47.7. The molecule has 8 aromatic rings. The van der Waals surface area contributed by atoms with E-state index in [2.05, 4.69) is 46.2 Å². The molecule has 3 atom stereocenters. The number of nitro groups is 1. The second-order valence-corrected chi connectivity index (χ2v) is 27.8. The fourth-order valence-corrected chi connectivity index (χ4v) is 12.6. The van der Waals surface area contributed by atoms with Crippen LogP contribution in [0.15, 0.2) is 212 Å². The van der Waals surface area contributed by atoms with Crippen molar-refractivity contribution in [2.45, 2.75) is 83.8 Å². The summed E-state index contributed by atoms with van der Waals surface area (Å²) in [5, 5.41) is 55.5. The zero-order valence-electron chi connectivity index (χ0n) is 65.9. The number of rotatable bonds is 38. The van der Waals surface area contributed by atoms with Gasteiger partial charge in [-0.2, -0.15) is 0 Å². The van der Waals surface area contributed by atoms with Gasteiger partial charge in [-0.05, 0) is 152 Å². The van der Waals surface area contributed by atoms with Gasteiger partial charge in [-0.25, -0.2) is 4.79 Å². The molecule has 29 heteroatoms. The SMILES string of the molecule is CC(=O)N[C@@H](Cc1ccccc1)C(=O)NC(=N)c1ccc(OCCCN2CCN(CCCOc3ccc(C(=N)NC(=O)[C@H](Cc4ccccc4)NC(C)=O)cc3)CC2)cc1.CC(=O)N[C@@H](Cc1ccccc1)C(=O)Oc1ccc([N+](=O)[O-])cc1.N=C(N)c1ccc(OCCCN2CCN(CCCOc3ccc(C(=N)N)cc3)CC2)cc1. The first-order valence-corrected chi connectivity index (χ1v) is 38.7. The van der Waals surface area contributed by atoms with E-state index in [-0.39, 0.29) is 58.9 Å². The summed E-state index contributed by atoms with van der Waals surface area (Å²) in [7, 11) is 0. The van der Waals surface area contributed by atoms with Crippen LogP contribution < -0.4 is 61.7 Å². The molecule has 612 valence electrons. The third kappa shape index (κ3) is 32.4. The van der Waals surface area contributed by atoms with Crippen LogP contribution in [0.1, 0.15) is 85.4 Å². The molecule has 0 aromatic heterocycles. The molecule has 5 amide bonds. The molecule has 13 N–H and O–H groups in total. The van der Waals surface area contributed by atoms with E-state index in [0.717, 1.165) is 132 Å². The third-order valence-electron chi connectivity index (χ3n) is 18.8. The molecule has 0 aliphatic carbocycles. The third-order valence-corrected chi connectivity index (χ3v) is 18.8. The number of non-ortho nitro benzene ring substituents is 1. The van der Waals surface area contributed by atoms with Crippen LogP contribution in [-0.2, 0) is 48.0 Å². The van der Waals surface area contributed by atoms with Gasteiger partial charge in [0.2, 0.25) is 29.5 Å². The van der Waals surface area contributed by atoms with Crippen LogP contribution >= 0.6 is 0 Å². The van der Waals surface area contributed by atoms with Crippen LogP contribution in [0.2, 0.25) is 0 Å². The van der Waals surface area contributed by atoms with Crippen molar-refractivity contribution in [3.8, 4) is 28.7 Å². The number of nitro benzene ring substituents is 1. The average Bonchev–Trinajstić information content (AvgIpc) is 0.865. The fraction of sp³-hybridized carbons (Fsp3) is 0.333. The molecule has 0 bridgehead atoms. The Morgan fingerprint density at radius 3 is 0.905 bits per heavy atom. The van der Waals surface area contributed by atoms with Crippen molar-refractivity contribution in [1.82, 2.24) is 46.2 Å². The monoisotopic (exact) mass is 1580 g/mol. The van der Waals surface area contributed by atoms with Gasteiger partial charge in [-0.1, -0.05) is 91.0 Å². The van der Waals surface area contributed by atoms with Gasteiger partial charge in [0.25, 0.3) is 5.69 Å². The average molecular weight is 1580 g/mol. The smallest absolute Gasteiger partial charge is 0.334 e. The first-order chi connectivity index (χ1) is 56.0. The van der Waals surface area contributed by atoms with Gasteiger partial charge in [0, 0.05) is 153 Å². The number of hydrogen-bond donors (Lipinski definition) is 11.